The summed E-state index contributed by atoms with van der Waals surface area (Å²) in [4.78, 5) is 19.4. The molecular weight excluding hydrogens is 499 g/mol. The van der Waals surface area contributed by atoms with Crippen molar-refractivity contribution in [1.82, 2.24) is 10.3 Å². The van der Waals surface area contributed by atoms with Crippen molar-refractivity contribution in [2.75, 3.05) is 36.0 Å². The van der Waals surface area contributed by atoms with Crippen LogP contribution in [0.5, 0.6) is 0 Å². The zero-order chi connectivity index (χ0) is 25.8. The van der Waals surface area contributed by atoms with Gasteiger partial charge >= 0.3 is 0 Å². The van der Waals surface area contributed by atoms with E-state index in [1.165, 1.54) is 12.5 Å². The molecule has 36 heavy (non-hydrogen) atoms. The lowest BCUT2D eigenvalue weighted by Gasteiger charge is -2.45. The molecule has 0 aromatic heterocycles. The van der Waals surface area contributed by atoms with Crippen molar-refractivity contribution >= 4 is 52.4 Å². The quantitative estimate of drug-likeness (QED) is 0.339. The Hall–Kier alpha value is -2.91. The summed E-state index contributed by atoms with van der Waals surface area (Å²) >= 11 is 10.8. The number of carbonyl (C=O) groups is 1. The van der Waals surface area contributed by atoms with E-state index in [-0.39, 0.29) is 28.9 Å². The van der Waals surface area contributed by atoms with Crippen molar-refractivity contribution in [3.63, 3.8) is 0 Å². The van der Waals surface area contributed by atoms with Crippen LogP contribution in [0.15, 0.2) is 41.5 Å². The summed E-state index contributed by atoms with van der Waals surface area (Å²) in [7, 11) is 0. The zero-order valence-electron chi connectivity index (χ0n) is 20.6. The molecule has 2 saturated heterocycles. The number of rotatable bonds is 5. The average Bonchev–Trinajstić information content (AvgIpc) is 2.84. The first-order chi connectivity index (χ1) is 17.2. The van der Waals surface area contributed by atoms with Crippen molar-refractivity contribution in [2.24, 2.45) is 10.8 Å². The van der Waals surface area contributed by atoms with Crippen LogP contribution < -0.4 is 21.0 Å². The number of benzene rings is 2. The van der Waals surface area contributed by atoms with Crippen LogP contribution in [0.1, 0.15) is 49.0 Å². The maximum absolute atomic E-state index is 15.5. The van der Waals surface area contributed by atoms with E-state index in [2.05, 4.69) is 15.4 Å². The summed E-state index contributed by atoms with van der Waals surface area (Å²) in [6.45, 7) is 6.87. The van der Waals surface area contributed by atoms with E-state index < -0.39 is 0 Å². The Kier molecular flexibility index (Phi) is 8.31. The smallest absolute Gasteiger partial charge is 0.254 e. The highest BCUT2D eigenvalue weighted by Crippen LogP contribution is 2.33. The summed E-state index contributed by atoms with van der Waals surface area (Å²) < 4.78 is 15.5. The van der Waals surface area contributed by atoms with Gasteiger partial charge in [-0.3, -0.25) is 10.2 Å². The second-order valence-corrected chi connectivity index (χ2v) is 10.3. The monoisotopic (exact) mass is 530 g/mol. The Morgan fingerprint density at radius 3 is 2.33 bits per heavy atom. The molecule has 2 aromatic rings. The standard InChI is InChI=1S/C26H32ClFN6OS/c1-17-15-33(16-18(2)34(17)25(35)19-6-8-21(27)9-7-19)24-13-23(32-10-4-3-5-11-32)20(12-22(24)28)14-30-31-26(29)36/h6-9,12-14,17-18H,3-5,10-11,15-16H2,1-2H3,(H3,29,31,36). The SMILES string of the molecule is CC1CN(c2cc(N3CCCCC3)c(C=NNC(N)=S)cc2F)CC(C)N1C(=O)c1ccc(Cl)cc1. The Morgan fingerprint density at radius 2 is 1.72 bits per heavy atom. The number of carbonyl (C=O) groups excluding carboxylic acids is 1. The molecule has 0 radical (unpaired) electrons. The van der Waals surface area contributed by atoms with Crippen LogP contribution >= 0.6 is 23.8 Å². The van der Waals surface area contributed by atoms with Crippen LogP contribution in [0, 0.1) is 5.82 Å². The number of hydrazone groups is 1. The molecule has 0 saturated carbocycles. The van der Waals surface area contributed by atoms with Gasteiger partial charge in [-0.05, 0) is 81.7 Å². The average molecular weight is 531 g/mol. The second-order valence-electron chi connectivity index (χ2n) is 9.47. The third-order valence-corrected chi connectivity index (χ3v) is 7.10. The largest absolute Gasteiger partial charge is 0.375 e. The van der Waals surface area contributed by atoms with Crippen LogP contribution in [-0.4, -0.2) is 60.4 Å². The number of halogens is 2. The first-order valence-electron chi connectivity index (χ1n) is 12.2. The molecule has 7 nitrogen and oxygen atoms in total. The van der Waals surface area contributed by atoms with Crippen molar-refractivity contribution in [1.29, 1.82) is 0 Å². The van der Waals surface area contributed by atoms with Gasteiger partial charge in [0.2, 0.25) is 0 Å². The highest BCUT2D eigenvalue weighted by molar-refractivity contribution is 7.80. The molecule has 0 aliphatic carbocycles. The van der Waals surface area contributed by atoms with Gasteiger partial charge in [0.1, 0.15) is 5.82 Å². The fourth-order valence-corrected chi connectivity index (χ4v) is 5.33. The molecule has 2 atom stereocenters. The third-order valence-electron chi connectivity index (χ3n) is 6.76. The molecule has 3 N–H and O–H groups in total. The molecular formula is C26H32ClFN6OS. The molecule has 2 aliphatic rings. The molecule has 2 aliphatic heterocycles. The topological polar surface area (TPSA) is 77.2 Å². The Balaban J connectivity index is 1.60. The maximum atomic E-state index is 15.5. The van der Waals surface area contributed by atoms with Gasteiger partial charge in [0.25, 0.3) is 5.91 Å². The van der Waals surface area contributed by atoms with E-state index in [9.17, 15) is 4.79 Å². The Labute approximate surface area is 222 Å². The van der Waals surface area contributed by atoms with E-state index in [1.54, 1.807) is 30.5 Å². The number of hydrogen-bond acceptors (Lipinski definition) is 5. The molecule has 0 bridgehead atoms. The normalized spacial score (nSPS) is 20.6. The zero-order valence-corrected chi connectivity index (χ0v) is 22.2. The number of amides is 1. The second kappa shape index (κ2) is 11.4. The molecule has 1 amide bonds. The number of piperidine rings is 1. The predicted molar refractivity (Wildman–Crippen MR) is 149 cm³/mol. The van der Waals surface area contributed by atoms with Gasteiger partial charge in [-0.25, -0.2) is 4.39 Å². The van der Waals surface area contributed by atoms with Crippen molar-refractivity contribution < 1.29 is 9.18 Å². The van der Waals surface area contributed by atoms with E-state index >= 15 is 4.39 Å². The molecule has 2 unspecified atom stereocenters. The minimum absolute atomic E-state index is 0.0438. The van der Waals surface area contributed by atoms with Crippen LogP contribution in [-0.2, 0) is 0 Å². The van der Waals surface area contributed by atoms with Crippen LogP contribution in [0.2, 0.25) is 5.02 Å². The predicted octanol–water partition coefficient (Wildman–Crippen LogP) is 4.38. The molecule has 10 heteroatoms. The van der Waals surface area contributed by atoms with Crippen LogP contribution in [0.25, 0.3) is 0 Å². The minimum Gasteiger partial charge on any atom is -0.375 e. The van der Waals surface area contributed by atoms with Gasteiger partial charge in [0.15, 0.2) is 5.11 Å². The van der Waals surface area contributed by atoms with E-state index in [0.717, 1.165) is 31.6 Å². The van der Waals surface area contributed by atoms with Gasteiger partial charge < -0.3 is 20.4 Å². The van der Waals surface area contributed by atoms with E-state index in [1.807, 2.05) is 29.7 Å². The van der Waals surface area contributed by atoms with Gasteiger partial charge in [-0.15, -0.1) is 0 Å². The molecule has 4 rings (SSSR count). The minimum atomic E-state index is -0.329. The first kappa shape index (κ1) is 26.2. The van der Waals surface area contributed by atoms with Crippen molar-refractivity contribution in [3.05, 3.63) is 58.4 Å². The lowest BCUT2D eigenvalue weighted by Crippen LogP contribution is -2.59. The number of nitrogens with one attached hydrogen (secondary N) is 1. The molecule has 2 fully saturated rings. The van der Waals surface area contributed by atoms with Crippen molar-refractivity contribution in [2.45, 2.75) is 45.2 Å². The molecule has 192 valence electrons. The number of nitrogens with zero attached hydrogens (tertiary/aromatic N) is 4. The summed E-state index contributed by atoms with van der Waals surface area (Å²) in [6.07, 6.45) is 4.93. The summed E-state index contributed by atoms with van der Waals surface area (Å²) in [6, 6.07) is 10.2. The fraction of sp³-hybridized carbons (Fsp3) is 0.423. The van der Waals surface area contributed by atoms with Crippen LogP contribution in [0.4, 0.5) is 15.8 Å². The third kappa shape index (κ3) is 5.90. The summed E-state index contributed by atoms with van der Waals surface area (Å²) in [5, 5.41) is 4.71. The lowest BCUT2D eigenvalue weighted by molar-refractivity contribution is 0.0574. The number of thiocarbonyl (C=S) groups is 1. The Bertz CT molecular complexity index is 1130. The molecule has 0 spiro atoms. The van der Waals surface area contributed by atoms with Gasteiger partial charge in [0, 0.05) is 60.1 Å². The van der Waals surface area contributed by atoms with E-state index in [0.29, 0.717) is 34.9 Å². The van der Waals surface area contributed by atoms with Gasteiger partial charge in [-0.2, -0.15) is 5.10 Å². The van der Waals surface area contributed by atoms with Crippen LogP contribution in [0.3, 0.4) is 0 Å². The summed E-state index contributed by atoms with van der Waals surface area (Å²) in [5.41, 5.74) is 10.7. The number of anilines is 2. The fourth-order valence-electron chi connectivity index (χ4n) is 5.15. The van der Waals surface area contributed by atoms with Gasteiger partial charge in [-0.1, -0.05) is 11.6 Å². The number of piperazine rings is 1. The maximum Gasteiger partial charge on any atom is 0.254 e. The van der Waals surface area contributed by atoms with Crippen molar-refractivity contribution in [3.8, 4) is 0 Å². The molecule has 2 aromatic carbocycles. The highest BCUT2D eigenvalue weighted by Gasteiger charge is 2.34. The Morgan fingerprint density at radius 1 is 1.08 bits per heavy atom. The lowest BCUT2D eigenvalue weighted by atomic mass is 10.0. The molecule has 2 heterocycles. The summed E-state index contributed by atoms with van der Waals surface area (Å²) in [5.74, 6) is -0.373. The van der Waals surface area contributed by atoms with E-state index in [4.69, 9.17) is 29.6 Å². The van der Waals surface area contributed by atoms with Gasteiger partial charge in [0.05, 0.1) is 11.9 Å². The number of nitrogens with two attached hydrogens (primary N) is 1. The highest BCUT2D eigenvalue weighted by atomic mass is 35.5. The number of hydrogen-bond donors (Lipinski definition) is 2. The first-order valence-corrected chi connectivity index (χ1v) is 13.0.